The molecule has 0 aliphatic carbocycles. The van der Waals surface area contributed by atoms with Gasteiger partial charge in [0, 0.05) is 12.1 Å². The van der Waals surface area contributed by atoms with Crippen LogP contribution in [0.15, 0.2) is 15.2 Å². The topological polar surface area (TPSA) is 36.2 Å². The standard InChI is InChI=1S/C7H11IN2/c1-6(2)7(9)10-5-3-4-8/h3-6,9H,1-2H3/b4-3-,9-7?,10-5-. The lowest BCUT2D eigenvalue weighted by atomic mass is 10.2. The van der Waals surface area contributed by atoms with E-state index in [1.54, 1.807) is 12.3 Å². The molecule has 0 saturated carbocycles. The van der Waals surface area contributed by atoms with E-state index in [4.69, 9.17) is 5.41 Å². The molecule has 0 aromatic rings. The molecular weight excluding hydrogens is 239 g/mol. The predicted octanol–water partition coefficient (Wildman–Crippen LogP) is 2.64. The Morgan fingerprint density at radius 2 is 2.20 bits per heavy atom. The van der Waals surface area contributed by atoms with Crippen LogP contribution in [0, 0.1) is 11.3 Å². The van der Waals surface area contributed by atoms with Gasteiger partial charge in [0.2, 0.25) is 0 Å². The Morgan fingerprint density at radius 1 is 1.60 bits per heavy atom. The van der Waals surface area contributed by atoms with Crippen molar-refractivity contribution >= 4 is 34.6 Å². The van der Waals surface area contributed by atoms with Crippen molar-refractivity contribution in [2.24, 2.45) is 10.9 Å². The summed E-state index contributed by atoms with van der Waals surface area (Å²) in [5.74, 6) is 0.647. The summed E-state index contributed by atoms with van der Waals surface area (Å²) in [7, 11) is 0. The minimum atomic E-state index is 0.221. The summed E-state index contributed by atoms with van der Waals surface area (Å²) >= 11 is 2.11. The summed E-state index contributed by atoms with van der Waals surface area (Å²) in [5.41, 5.74) is 0. The zero-order valence-corrected chi connectivity index (χ0v) is 8.29. The first-order valence-corrected chi connectivity index (χ1v) is 4.31. The molecule has 0 amide bonds. The summed E-state index contributed by atoms with van der Waals surface area (Å²) in [6.45, 7) is 3.90. The van der Waals surface area contributed by atoms with E-state index in [0.717, 1.165) is 0 Å². The van der Waals surface area contributed by atoms with Gasteiger partial charge in [-0.15, -0.1) is 0 Å². The molecule has 2 nitrogen and oxygen atoms in total. The molecule has 0 atom stereocenters. The average Bonchev–Trinajstić information content (AvgIpc) is 1.88. The van der Waals surface area contributed by atoms with Crippen molar-refractivity contribution in [2.45, 2.75) is 13.8 Å². The maximum atomic E-state index is 7.29. The SMILES string of the molecule is CC(C)C(=N)/N=C\C=C/I. The van der Waals surface area contributed by atoms with E-state index >= 15 is 0 Å². The van der Waals surface area contributed by atoms with Gasteiger partial charge in [-0.2, -0.15) is 0 Å². The number of nitrogens with one attached hydrogen (secondary N) is 1. The molecule has 0 unspecified atom stereocenters. The summed E-state index contributed by atoms with van der Waals surface area (Å²) in [5, 5.41) is 7.29. The third-order valence-electron chi connectivity index (χ3n) is 0.919. The van der Waals surface area contributed by atoms with Crippen LogP contribution in [-0.4, -0.2) is 12.1 Å². The van der Waals surface area contributed by atoms with Crippen molar-refractivity contribution < 1.29 is 0 Å². The van der Waals surface area contributed by atoms with Crippen LogP contribution in [0.1, 0.15) is 13.8 Å². The molecule has 1 N–H and O–H groups in total. The van der Waals surface area contributed by atoms with Crippen LogP contribution in [0.3, 0.4) is 0 Å². The Balaban J connectivity index is 3.78. The molecule has 0 radical (unpaired) electrons. The Kier molecular flexibility index (Phi) is 5.48. The number of aliphatic imine (C=N–C) groups is 1. The molecule has 0 aliphatic heterocycles. The summed E-state index contributed by atoms with van der Waals surface area (Å²) in [6.07, 6.45) is 3.44. The van der Waals surface area contributed by atoms with E-state index in [1.165, 1.54) is 0 Å². The molecule has 0 rings (SSSR count). The van der Waals surface area contributed by atoms with Gasteiger partial charge >= 0.3 is 0 Å². The van der Waals surface area contributed by atoms with Crippen LogP contribution < -0.4 is 0 Å². The second kappa shape index (κ2) is 5.58. The van der Waals surface area contributed by atoms with E-state index in [1.807, 2.05) is 17.9 Å². The van der Waals surface area contributed by atoms with Crippen LogP contribution in [0.5, 0.6) is 0 Å². The molecular formula is C7H11IN2. The van der Waals surface area contributed by atoms with Crippen molar-refractivity contribution in [3.8, 4) is 0 Å². The highest BCUT2D eigenvalue weighted by atomic mass is 127. The quantitative estimate of drug-likeness (QED) is 0.444. The maximum Gasteiger partial charge on any atom is 0.122 e. The van der Waals surface area contributed by atoms with Gasteiger partial charge in [-0.3, -0.25) is 5.41 Å². The molecule has 0 spiro atoms. The fourth-order valence-corrected chi connectivity index (χ4v) is 0.491. The van der Waals surface area contributed by atoms with Gasteiger partial charge in [-0.1, -0.05) is 36.4 Å². The largest absolute Gasteiger partial charge is 0.286 e. The highest BCUT2D eigenvalue weighted by Gasteiger charge is 1.96. The Labute approximate surface area is 75.1 Å². The predicted molar refractivity (Wildman–Crippen MR) is 54.2 cm³/mol. The number of halogens is 1. The first-order chi connectivity index (χ1) is 4.68. The van der Waals surface area contributed by atoms with Gasteiger partial charge in [0.05, 0.1) is 0 Å². The summed E-state index contributed by atoms with van der Waals surface area (Å²) < 4.78 is 1.86. The second-order valence-corrected chi connectivity index (χ2v) is 2.86. The minimum absolute atomic E-state index is 0.221. The van der Waals surface area contributed by atoms with Gasteiger partial charge in [0.25, 0.3) is 0 Å². The first kappa shape index (κ1) is 9.81. The Bertz CT molecular complexity index is 159. The van der Waals surface area contributed by atoms with Crippen molar-refractivity contribution in [3.63, 3.8) is 0 Å². The van der Waals surface area contributed by atoms with Gasteiger partial charge < -0.3 is 0 Å². The monoisotopic (exact) mass is 250 g/mol. The number of rotatable bonds is 2. The van der Waals surface area contributed by atoms with E-state index in [2.05, 4.69) is 27.6 Å². The number of nitrogens with zero attached hydrogens (tertiary/aromatic N) is 1. The van der Waals surface area contributed by atoms with Crippen LogP contribution in [-0.2, 0) is 0 Å². The van der Waals surface area contributed by atoms with Crippen molar-refractivity contribution in [3.05, 3.63) is 10.2 Å². The summed E-state index contributed by atoms with van der Waals surface area (Å²) in [6, 6.07) is 0. The number of hydrogen-bond acceptors (Lipinski definition) is 1. The Hall–Kier alpha value is -0.190. The van der Waals surface area contributed by atoms with E-state index in [-0.39, 0.29) is 5.92 Å². The Morgan fingerprint density at radius 3 is 2.60 bits per heavy atom. The van der Waals surface area contributed by atoms with Gasteiger partial charge in [-0.05, 0) is 10.2 Å². The lowest BCUT2D eigenvalue weighted by Gasteiger charge is -1.97. The molecule has 10 heavy (non-hydrogen) atoms. The third kappa shape index (κ3) is 4.67. The lowest BCUT2D eigenvalue weighted by Crippen LogP contribution is -2.01. The third-order valence-corrected chi connectivity index (χ3v) is 1.33. The second-order valence-electron chi connectivity index (χ2n) is 2.14. The van der Waals surface area contributed by atoms with Gasteiger partial charge in [0.15, 0.2) is 0 Å². The van der Waals surface area contributed by atoms with E-state index < -0.39 is 0 Å². The highest BCUT2D eigenvalue weighted by molar-refractivity contribution is 14.1. The smallest absolute Gasteiger partial charge is 0.122 e. The normalized spacial score (nSPS) is 12.0. The number of allylic oxidation sites excluding steroid dienone is 1. The van der Waals surface area contributed by atoms with Crippen LogP contribution in [0.4, 0.5) is 0 Å². The van der Waals surface area contributed by atoms with Crippen molar-refractivity contribution in [2.75, 3.05) is 0 Å². The molecule has 56 valence electrons. The van der Waals surface area contributed by atoms with Crippen LogP contribution in [0.2, 0.25) is 0 Å². The lowest BCUT2D eigenvalue weighted by molar-refractivity contribution is 0.866. The number of amidine groups is 1. The fraction of sp³-hybridized carbons (Fsp3) is 0.429. The van der Waals surface area contributed by atoms with E-state index in [9.17, 15) is 0 Å². The molecule has 0 aromatic heterocycles. The first-order valence-electron chi connectivity index (χ1n) is 3.06. The molecule has 0 heterocycles. The average molecular weight is 250 g/mol. The van der Waals surface area contributed by atoms with Gasteiger partial charge in [0.1, 0.15) is 5.84 Å². The molecule has 0 fully saturated rings. The highest BCUT2D eigenvalue weighted by Crippen LogP contribution is 1.94. The molecule has 3 heteroatoms. The maximum absolute atomic E-state index is 7.29. The minimum Gasteiger partial charge on any atom is -0.286 e. The molecule has 0 bridgehead atoms. The number of hydrogen-bond donors (Lipinski definition) is 1. The molecule has 0 aliphatic rings. The zero-order chi connectivity index (χ0) is 7.98. The summed E-state index contributed by atoms with van der Waals surface area (Å²) in [4.78, 5) is 3.88. The van der Waals surface area contributed by atoms with Crippen molar-refractivity contribution in [1.29, 1.82) is 5.41 Å². The van der Waals surface area contributed by atoms with Crippen molar-refractivity contribution in [1.82, 2.24) is 0 Å². The fourth-order valence-electron chi connectivity index (χ4n) is 0.305. The zero-order valence-electron chi connectivity index (χ0n) is 6.13. The van der Waals surface area contributed by atoms with Gasteiger partial charge in [-0.25, -0.2) is 4.99 Å². The van der Waals surface area contributed by atoms with E-state index in [0.29, 0.717) is 5.84 Å². The van der Waals surface area contributed by atoms with Crippen LogP contribution >= 0.6 is 22.6 Å². The van der Waals surface area contributed by atoms with Crippen LogP contribution in [0.25, 0.3) is 0 Å². The molecule has 0 saturated heterocycles. The molecule has 0 aromatic carbocycles.